The molecule has 0 atom stereocenters. The lowest BCUT2D eigenvalue weighted by molar-refractivity contribution is -0.113. The molecule has 0 fully saturated rings. The van der Waals surface area contributed by atoms with Crippen molar-refractivity contribution in [1.82, 2.24) is 4.98 Å². The number of H-pyrrole nitrogens is 1. The quantitative estimate of drug-likeness (QED) is 0.556. The molecule has 2 N–H and O–H groups in total. The Kier molecular flexibility index (Phi) is 3.20. The predicted octanol–water partition coefficient (Wildman–Crippen LogP) is 3.28. The maximum atomic E-state index is 12.3. The zero-order valence-corrected chi connectivity index (χ0v) is 12.9. The molecule has 1 aliphatic rings. The number of rotatable bonds is 2. The van der Waals surface area contributed by atoms with Gasteiger partial charge in [0.05, 0.1) is 5.69 Å². The standard InChI is InChI=1S/C18H13ClN2O2/c19-9-16(22)20-11-6-5-10-7-15-12-3-1-2-4-13(12)18(23)21-17(15)14(10)8-11/h1-6,8H,7,9H2,(H,20,22)(H,21,23). The number of hydrogen-bond acceptors (Lipinski definition) is 2. The van der Waals surface area contributed by atoms with Gasteiger partial charge in [-0.3, -0.25) is 9.59 Å². The number of halogens is 1. The molecule has 0 saturated carbocycles. The molecule has 0 saturated heterocycles. The molecule has 0 bridgehead atoms. The Balaban J connectivity index is 1.90. The molecule has 5 heteroatoms. The number of carbonyl (C=O) groups excluding carboxylic acids is 1. The van der Waals surface area contributed by atoms with Gasteiger partial charge in [-0.25, -0.2) is 0 Å². The van der Waals surface area contributed by atoms with Crippen molar-refractivity contribution in [2.24, 2.45) is 0 Å². The summed E-state index contributed by atoms with van der Waals surface area (Å²) in [5.74, 6) is -0.341. The Morgan fingerprint density at radius 1 is 1.17 bits per heavy atom. The zero-order valence-electron chi connectivity index (χ0n) is 12.2. The van der Waals surface area contributed by atoms with Crippen LogP contribution in [0.2, 0.25) is 0 Å². The van der Waals surface area contributed by atoms with Crippen molar-refractivity contribution in [3.05, 3.63) is 63.9 Å². The van der Waals surface area contributed by atoms with Crippen molar-refractivity contribution in [3.63, 3.8) is 0 Å². The van der Waals surface area contributed by atoms with Gasteiger partial charge in [-0.05, 0) is 34.7 Å². The highest BCUT2D eigenvalue weighted by atomic mass is 35.5. The van der Waals surface area contributed by atoms with Crippen LogP contribution in [0.4, 0.5) is 5.69 Å². The maximum absolute atomic E-state index is 12.3. The summed E-state index contributed by atoms with van der Waals surface area (Å²) in [6.45, 7) is 0. The number of aromatic nitrogens is 1. The minimum atomic E-state index is -0.253. The molecular weight excluding hydrogens is 312 g/mol. The first kappa shape index (κ1) is 14.0. The number of hydrogen-bond donors (Lipinski definition) is 2. The number of carbonyl (C=O) groups is 1. The van der Waals surface area contributed by atoms with E-state index >= 15 is 0 Å². The van der Waals surface area contributed by atoms with Crippen LogP contribution in [-0.4, -0.2) is 16.8 Å². The van der Waals surface area contributed by atoms with Gasteiger partial charge in [0.1, 0.15) is 5.88 Å². The summed E-state index contributed by atoms with van der Waals surface area (Å²) in [7, 11) is 0. The third kappa shape index (κ3) is 2.23. The number of pyridine rings is 1. The van der Waals surface area contributed by atoms with E-state index in [0.29, 0.717) is 11.1 Å². The van der Waals surface area contributed by atoms with Crippen LogP contribution in [0.1, 0.15) is 11.1 Å². The first-order valence-corrected chi connectivity index (χ1v) is 7.84. The third-order valence-corrected chi connectivity index (χ3v) is 4.43. The van der Waals surface area contributed by atoms with Crippen LogP contribution in [0.3, 0.4) is 0 Å². The fraction of sp³-hybridized carbons (Fsp3) is 0.111. The summed E-state index contributed by atoms with van der Waals surface area (Å²) < 4.78 is 0. The van der Waals surface area contributed by atoms with E-state index in [-0.39, 0.29) is 17.3 Å². The van der Waals surface area contributed by atoms with E-state index in [2.05, 4.69) is 10.3 Å². The van der Waals surface area contributed by atoms with Crippen LogP contribution in [0.25, 0.3) is 22.0 Å². The molecule has 1 aliphatic carbocycles. The monoisotopic (exact) mass is 324 g/mol. The number of amides is 1. The highest BCUT2D eigenvalue weighted by Crippen LogP contribution is 2.38. The lowest BCUT2D eigenvalue weighted by atomic mass is 10.0. The summed E-state index contributed by atoms with van der Waals surface area (Å²) in [6, 6.07) is 13.3. The van der Waals surface area contributed by atoms with Crippen molar-refractivity contribution >= 4 is 34.0 Å². The van der Waals surface area contributed by atoms with Gasteiger partial charge in [0.25, 0.3) is 5.56 Å². The largest absolute Gasteiger partial charge is 0.325 e. The van der Waals surface area contributed by atoms with Crippen LogP contribution in [0.15, 0.2) is 47.3 Å². The fourth-order valence-corrected chi connectivity index (χ4v) is 3.24. The van der Waals surface area contributed by atoms with Gasteiger partial charge < -0.3 is 10.3 Å². The van der Waals surface area contributed by atoms with Crippen molar-refractivity contribution in [3.8, 4) is 11.3 Å². The predicted molar refractivity (Wildman–Crippen MR) is 92.2 cm³/mol. The molecule has 114 valence electrons. The minimum absolute atomic E-state index is 0.0882. The van der Waals surface area contributed by atoms with E-state index in [9.17, 15) is 9.59 Å². The fourth-order valence-electron chi connectivity index (χ4n) is 3.17. The van der Waals surface area contributed by atoms with Crippen LogP contribution < -0.4 is 10.9 Å². The topological polar surface area (TPSA) is 62.0 Å². The Hall–Kier alpha value is -2.59. The van der Waals surface area contributed by atoms with Crippen molar-refractivity contribution in [2.45, 2.75) is 6.42 Å². The molecule has 1 heterocycles. The number of aromatic amines is 1. The summed E-state index contributed by atoms with van der Waals surface area (Å²) >= 11 is 5.53. The first-order valence-electron chi connectivity index (χ1n) is 7.30. The van der Waals surface area contributed by atoms with Gasteiger partial charge >= 0.3 is 0 Å². The second kappa shape index (κ2) is 5.25. The van der Waals surface area contributed by atoms with Crippen molar-refractivity contribution in [2.75, 3.05) is 11.2 Å². The van der Waals surface area contributed by atoms with E-state index in [1.165, 1.54) is 0 Å². The lowest BCUT2D eigenvalue weighted by Gasteiger charge is -2.07. The van der Waals surface area contributed by atoms with Crippen LogP contribution in [0.5, 0.6) is 0 Å². The second-order valence-electron chi connectivity index (χ2n) is 5.58. The molecule has 0 radical (unpaired) electrons. The molecule has 4 nitrogen and oxygen atoms in total. The molecule has 23 heavy (non-hydrogen) atoms. The number of benzene rings is 2. The SMILES string of the molecule is O=C(CCl)Nc1ccc2c(c1)-c1[nH]c(=O)c3ccccc3c1C2. The molecule has 2 aromatic carbocycles. The number of fused-ring (bicyclic) bond motifs is 5. The Morgan fingerprint density at radius 3 is 2.74 bits per heavy atom. The van der Waals surface area contributed by atoms with Gasteiger partial charge in [-0.2, -0.15) is 0 Å². The average Bonchev–Trinajstić information content (AvgIpc) is 2.93. The summed E-state index contributed by atoms with van der Waals surface area (Å²) in [5, 5.41) is 4.42. The summed E-state index contributed by atoms with van der Waals surface area (Å²) in [5.41, 5.74) is 4.63. The molecule has 1 aromatic heterocycles. The second-order valence-corrected chi connectivity index (χ2v) is 5.85. The first-order chi connectivity index (χ1) is 11.2. The number of alkyl halides is 1. The highest BCUT2D eigenvalue weighted by Gasteiger charge is 2.22. The zero-order chi connectivity index (χ0) is 16.0. The molecule has 3 aromatic rings. The average molecular weight is 325 g/mol. The molecule has 0 aliphatic heterocycles. The van der Waals surface area contributed by atoms with Gasteiger partial charge in [-0.15, -0.1) is 11.6 Å². The van der Waals surface area contributed by atoms with Crippen LogP contribution in [0, 0.1) is 0 Å². The number of nitrogens with one attached hydrogen (secondary N) is 2. The van der Waals surface area contributed by atoms with Gasteiger partial charge in [0, 0.05) is 23.1 Å². The molecular formula is C18H13ClN2O2. The Bertz CT molecular complexity index is 1010. The summed E-state index contributed by atoms with van der Waals surface area (Å²) in [4.78, 5) is 26.8. The number of anilines is 1. The van der Waals surface area contributed by atoms with E-state index < -0.39 is 0 Å². The van der Waals surface area contributed by atoms with Gasteiger partial charge in [0.2, 0.25) is 5.91 Å². The molecule has 0 spiro atoms. The van der Waals surface area contributed by atoms with Gasteiger partial charge in [0.15, 0.2) is 0 Å². The molecule has 0 unspecified atom stereocenters. The van der Waals surface area contributed by atoms with Crippen LogP contribution >= 0.6 is 11.6 Å². The van der Waals surface area contributed by atoms with E-state index in [1.54, 1.807) is 0 Å². The van der Waals surface area contributed by atoms with Crippen molar-refractivity contribution < 1.29 is 4.79 Å². The molecule has 1 amide bonds. The molecule has 4 rings (SSSR count). The van der Waals surface area contributed by atoms with E-state index in [0.717, 1.165) is 34.2 Å². The smallest absolute Gasteiger partial charge is 0.256 e. The van der Waals surface area contributed by atoms with E-state index in [1.807, 2.05) is 42.5 Å². The Labute approximate surface area is 137 Å². The summed E-state index contributed by atoms with van der Waals surface area (Å²) in [6.07, 6.45) is 0.770. The van der Waals surface area contributed by atoms with Crippen molar-refractivity contribution in [1.29, 1.82) is 0 Å². The third-order valence-electron chi connectivity index (χ3n) is 4.19. The maximum Gasteiger partial charge on any atom is 0.256 e. The lowest BCUT2D eigenvalue weighted by Crippen LogP contribution is -2.12. The highest BCUT2D eigenvalue weighted by molar-refractivity contribution is 6.29. The minimum Gasteiger partial charge on any atom is -0.325 e. The normalized spacial score (nSPS) is 12.0. The Morgan fingerprint density at radius 2 is 1.96 bits per heavy atom. The van der Waals surface area contributed by atoms with E-state index in [4.69, 9.17) is 11.6 Å². The van der Waals surface area contributed by atoms with Crippen LogP contribution in [-0.2, 0) is 11.2 Å². The van der Waals surface area contributed by atoms with Gasteiger partial charge in [-0.1, -0.05) is 24.3 Å².